The van der Waals surface area contributed by atoms with E-state index in [2.05, 4.69) is 10.6 Å². The summed E-state index contributed by atoms with van der Waals surface area (Å²) in [6, 6.07) is 7.50. The first kappa shape index (κ1) is 15.2. The molecule has 0 saturated heterocycles. The van der Waals surface area contributed by atoms with Gasteiger partial charge in [-0.15, -0.1) is 0 Å². The van der Waals surface area contributed by atoms with E-state index < -0.39 is 6.04 Å². The highest BCUT2D eigenvalue weighted by Crippen LogP contribution is 2.05. The Bertz CT molecular complexity index is 438. The molecule has 4 nitrogen and oxygen atoms in total. The summed E-state index contributed by atoms with van der Waals surface area (Å²) in [6.07, 6.45) is 0. The van der Waals surface area contributed by atoms with Crippen molar-refractivity contribution < 1.29 is 9.59 Å². The first-order valence-electron chi connectivity index (χ1n) is 6.50. The van der Waals surface area contributed by atoms with Gasteiger partial charge in [0.25, 0.3) is 0 Å². The van der Waals surface area contributed by atoms with Crippen molar-refractivity contribution in [2.24, 2.45) is 5.92 Å². The standard InChI is InChI=1S/C15H22N2O2/c1-10(2)14(17-12(4)18)15(19)16-9-13-7-5-11(3)6-8-13/h5-8,10,14H,9H2,1-4H3,(H,16,19)(H,17,18)/t14-/m0/s1. The molecule has 0 radical (unpaired) electrons. The van der Waals surface area contributed by atoms with Crippen LogP contribution in [0.2, 0.25) is 0 Å². The third kappa shape index (κ3) is 5.12. The number of aryl methyl sites for hydroxylation is 1. The zero-order valence-electron chi connectivity index (χ0n) is 12.0. The van der Waals surface area contributed by atoms with Gasteiger partial charge in [-0.3, -0.25) is 9.59 Å². The minimum Gasteiger partial charge on any atom is -0.350 e. The lowest BCUT2D eigenvalue weighted by Crippen LogP contribution is -2.48. The van der Waals surface area contributed by atoms with Crippen LogP contribution in [0.5, 0.6) is 0 Å². The van der Waals surface area contributed by atoms with Crippen molar-refractivity contribution in [3.8, 4) is 0 Å². The Balaban J connectivity index is 2.57. The molecule has 1 aromatic rings. The zero-order chi connectivity index (χ0) is 14.4. The van der Waals surface area contributed by atoms with Crippen molar-refractivity contribution in [3.63, 3.8) is 0 Å². The van der Waals surface area contributed by atoms with Crippen LogP contribution in [0.15, 0.2) is 24.3 Å². The predicted molar refractivity (Wildman–Crippen MR) is 75.5 cm³/mol. The first-order chi connectivity index (χ1) is 8.90. The van der Waals surface area contributed by atoms with Crippen molar-refractivity contribution in [3.05, 3.63) is 35.4 Å². The SMILES string of the molecule is CC(=O)N[C@H](C(=O)NCc1ccc(C)cc1)C(C)C. The Morgan fingerprint density at radius 2 is 1.74 bits per heavy atom. The van der Waals surface area contributed by atoms with E-state index in [1.54, 1.807) is 0 Å². The normalized spacial score (nSPS) is 12.1. The number of hydrogen-bond donors (Lipinski definition) is 2. The van der Waals surface area contributed by atoms with Crippen LogP contribution in [0.1, 0.15) is 31.9 Å². The number of nitrogens with one attached hydrogen (secondary N) is 2. The van der Waals surface area contributed by atoms with Gasteiger partial charge in [-0.25, -0.2) is 0 Å². The van der Waals surface area contributed by atoms with Gasteiger partial charge in [-0.2, -0.15) is 0 Å². The molecule has 0 heterocycles. The zero-order valence-corrected chi connectivity index (χ0v) is 12.0. The van der Waals surface area contributed by atoms with E-state index in [9.17, 15) is 9.59 Å². The van der Waals surface area contributed by atoms with Crippen molar-refractivity contribution in [1.82, 2.24) is 10.6 Å². The van der Waals surface area contributed by atoms with Gasteiger partial charge in [-0.1, -0.05) is 43.7 Å². The van der Waals surface area contributed by atoms with Gasteiger partial charge >= 0.3 is 0 Å². The molecule has 4 heteroatoms. The molecule has 0 aliphatic heterocycles. The van der Waals surface area contributed by atoms with Crippen LogP contribution in [-0.2, 0) is 16.1 Å². The van der Waals surface area contributed by atoms with Crippen molar-refractivity contribution in [2.45, 2.75) is 40.3 Å². The molecule has 1 aromatic carbocycles. The van der Waals surface area contributed by atoms with Crippen LogP contribution >= 0.6 is 0 Å². The summed E-state index contributed by atoms with van der Waals surface area (Å²) in [5, 5.41) is 5.53. The summed E-state index contributed by atoms with van der Waals surface area (Å²) in [4.78, 5) is 23.1. The number of carbonyl (C=O) groups excluding carboxylic acids is 2. The fourth-order valence-electron chi connectivity index (χ4n) is 1.76. The van der Waals surface area contributed by atoms with Crippen LogP contribution in [0.25, 0.3) is 0 Å². The fraction of sp³-hybridized carbons (Fsp3) is 0.467. The largest absolute Gasteiger partial charge is 0.350 e. The minimum absolute atomic E-state index is 0.0573. The molecule has 104 valence electrons. The van der Waals surface area contributed by atoms with Gasteiger partial charge in [0.15, 0.2) is 0 Å². The van der Waals surface area contributed by atoms with E-state index in [-0.39, 0.29) is 17.7 Å². The third-order valence-electron chi connectivity index (χ3n) is 2.90. The number of amides is 2. The van der Waals surface area contributed by atoms with Crippen LogP contribution in [0.3, 0.4) is 0 Å². The minimum atomic E-state index is -0.483. The van der Waals surface area contributed by atoms with Crippen molar-refractivity contribution >= 4 is 11.8 Å². The molecule has 0 aromatic heterocycles. The summed E-state index contributed by atoms with van der Waals surface area (Å²) in [6.45, 7) is 7.73. The van der Waals surface area contributed by atoms with Crippen molar-refractivity contribution in [1.29, 1.82) is 0 Å². The van der Waals surface area contributed by atoms with E-state index in [1.807, 2.05) is 45.0 Å². The smallest absolute Gasteiger partial charge is 0.243 e. The van der Waals surface area contributed by atoms with E-state index >= 15 is 0 Å². The highest BCUT2D eigenvalue weighted by atomic mass is 16.2. The Morgan fingerprint density at radius 3 is 2.21 bits per heavy atom. The molecule has 0 fully saturated rings. The highest BCUT2D eigenvalue weighted by Gasteiger charge is 2.22. The summed E-state index contributed by atoms with van der Waals surface area (Å²) in [5.74, 6) is -0.281. The third-order valence-corrected chi connectivity index (χ3v) is 2.90. The van der Waals surface area contributed by atoms with E-state index in [0.717, 1.165) is 5.56 Å². The topological polar surface area (TPSA) is 58.2 Å². The lowest BCUT2D eigenvalue weighted by Gasteiger charge is -2.20. The molecular weight excluding hydrogens is 240 g/mol. The Hall–Kier alpha value is -1.84. The number of carbonyl (C=O) groups is 2. The monoisotopic (exact) mass is 262 g/mol. The highest BCUT2D eigenvalue weighted by molar-refractivity contribution is 5.86. The molecule has 1 rings (SSSR count). The number of rotatable bonds is 5. The Kier molecular flexibility index (Phi) is 5.55. The Labute approximate surface area is 114 Å². The maximum absolute atomic E-state index is 12.0. The molecular formula is C15H22N2O2. The lowest BCUT2D eigenvalue weighted by molar-refractivity contribution is -0.129. The van der Waals surface area contributed by atoms with Gasteiger partial charge in [0, 0.05) is 13.5 Å². The molecule has 19 heavy (non-hydrogen) atoms. The second-order valence-corrected chi connectivity index (χ2v) is 5.13. The second-order valence-electron chi connectivity index (χ2n) is 5.13. The van der Waals surface area contributed by atoms with Gasteiger partial charge in [-0.05, 0) is 18.4 Å². The van der Waals surface area contributed by atoms with Crippen LogP contribution < -0.4 is 10.6 Å². The Morgan fingerprint density at radius 1 is 1.16 bits per heavy atom. The molecule has 2 amide bonds. The molecule has 0 spiro atoms. The molecule has 2 N–H and O–H groups in total. The van der Waals surface area contributed by atoms with E-state index in [1.165, 1.54) is 12.5 Å². The van der Waals surface area contributed by atoms with Gasteiger partial charge < -0.3 is 10.6 Å². The quantitative estimate of drug-likeness (QED) is 0.849. The summed E-state index contributed by atoms with van der Waals surface area (Å²) in [7, 11) is 0. The molecule has 0 unspecified atom stereocenters. The van der Waals surface area contributed by atoms with Gasteiger partial charge in [0.1, 0.15) is 6.04 Å². The van der Waals surface area contributed by atoms with Gasteiger partial charge in [0.2, 0.25) is 11.8 Å². The second kappa shape index (κ2) is 6.92. The van der Waals surface area contributed by atoms with Gasteiger partial charge in [0.05, 0.1) is 0 Å². The first-order valence-corrected chi connectivity index (χ1v) is 6.50. The molecule has 0 bridgehead atoms. The maximum atomic E-state index is 12.0. The molecule has 0 aliphatic carbocycles. The summed E-state index contributed by atoms with van der Waals surface area (Å²) in [5.41, 5.74) is 2.23. The van der Waals surface area contributed by atoms with Crippen LogP contribution in [0.4, 0.5) is 0 Å². The maximum Gasteiger partial charge on any atom is 0.243 e. The lowest BCUT2D eigenvalue weighted by atomic mass is 10.0. The molecule has 0 aliphatic rings. The summed E-state index contributed by atoms with van der Waals surface area (Å²) < 4.78 is 0. The number of hydrogen-bond acceptors (Lipinski definition) is 2. The molecule has 0 saturated carbocycles. The summed E-state index contributed by atoms with van der Waals surface area (Å²) >= 11 is 0. The fourth-order valence-corrected chi connectivity index (χ4v) is 1.76. The van der Waals surface area contributed by atoms with E-state index in [4.69, 9.17) is 0 Å². The van der Waals surface area contributed by atoms with E-state index in [0.29, 0.717) is 6.54 Å². The molecule has 1 atom stereocenters. The van der Waals surface area contributed by atoms with Crippen LogP contribution in [0, 0.1) is 12.8 Å². The average molecular weight is 262 g/mol. The number of benzene rings is 1. The van der Waals surface area contributed by atoms with Crippen molar-refractivity contribution in [2.75, 3.05) is 0 Å². The average Bonchev–Trinajstić information content (AvgIpc) is 2.34. The van der Waals surface area contributed by atoms with Crippen LogP contribution in [-0.4, -0.2) is 17.9 Å². The predicted octanol–water partition coefficient (Wildman–Crippen LogP) is 1.77.